The Morgan fingerprint density at radius 2 is 1.60 bits per heavy atom. The number of hydrogen-bond donors (Lipinski definition) is 0. The van der Waals surface area contributed by atoms with Crippen LogP contribution in [0.25, 0.3) is 0 Å². The molecule has 0 saturated carbocycles. The molecule has 1 unspecified atom stereocenters. The van der Waals surface area contributed by atoms with Gasteiger partial charge in [-0.15, -0.1) is 0 Å². The van der Waals surface area contributed by atoms with E-state index in [2.05, 4.69) is 31.2 Å². The molecule has 2 rings (SSSR count). The summed E-state index contributed by atoms with van der Waals surface area (Å²) in [6.07, 6.45) is 3.61. The maximum Gasteiger partial charge on any atom is 0.146 e. The highest BCUT2D eigenvalue weighted by Gasteiger charge is 2.34. The summed E-state index contributed by atoms with van der Waals surface area (Å²) in [5.74, 6) is -0.0172. The number of Topliss-reactive ketones (excluding diaryl/α,β-unsaturated/α-hetero) is 1. The summed E-state index contributed by atoms with van der Waals surface area (Å²) >= 11 is 0. The number of carbonyl (C=O) groups excluding carboxylic acids is 2. The van der Waals surface area contributed by atoms with Crippen LogP contribution in [0.2, 0.25) is 0 Å². The Kier molecular flexibility index (Phi) is 6.69. The molecule has 0 radical (unpaired) electrons. The van der Waals surface area contributed by atoms with Gasteiger partial charge in [0.15, 0.2) is 0 Å². The Labute approximate surface area is 151 Å². The first-order valence-electron chi connectivity index (χ1n) is 9.08. The van der Waals surface area contributed by atoms with Crippen LogP contribution in [0.4, 0.5) is 0 Å². The summed E-state index contributed by atoms with van der Waals surface area (Å²) in [5.41, 5.74) is 3.01. The van der Waals surface area contributed by atoms with Crippen molar-refractivity contribution in [3.63, 3.8) is 0 Å². The number of benzene rings is 2. The normalized spacial score (nSPS) is 12.6. The van der Waals surface area contributed by atoms with E-state index in [1.807, 2.05) is 44.2 Å². The molecule has 0 fully saturated rings. The van der Waals surface area contributed by atoms with Crippen LogP contribution >= 0.6 is 0 Å². The first kappa shape index (κ1) is 19.1. The van der Waals surface area contributed by atoms with Gasteiger partial charge in [0.2, 0.25) is 0 Å². The van der Waals surface area contributed by atoms with Gasteiger partial charge in [0, 0.05) is 17.8 Å². The second kappa shape index (κ2) is 8.75. The zero-order chi connectivity index (χ0) is 18.3. The summed E-state index contributed by atoms with van der Waals surface area (Å²) in [4.78, 5) is 24.1. The molecule has 0 spiro atoms. The maximum absolute atomic E-state index is 13.3. The van der Waals surface area contributed by atoms with Gasteiger partial charge in [-0.25, -0.2) is 0 Å². The van der Waals surface area contributed by atoms with Crippen molar-refractivity contribution < 1.29 is 9.59 Å². The number of aldehydes is 1. The highest BCUT2D eigenvalue weighted by Crippen LogP contribution is 2.33. The molecular weight excluding hydrogens is 308 g/mol. The molecule has 0 saturated heterocycles. The third-order valence-corrected chi connectivity index (χ3v) is 4.84. The van der Waals surface area contributed by atoms with E-state index in [0.717, 1.165) is 18.3 Å². The SMILES string of the molecule is CCc1ccc(CC(C)(C)C(=O)C(CCC=O)c2ccccc2)cc1. The molecule has 2 aromatic carbocycles. The van der Waals surface area contributed by atoms with Crippen molar-refractivity contribution in [3.05, 3.63) is 71.3 Å². The molecule has 0 aliphatic carbocycles. The third-order valence-electron chi connectivity index (χ3n) is 4.84. The summed E-state index contributed by atoms with van der Waals surface area (Å²) in [7, 11) is 0. The van der Waals surface area contributed by atoms with Crippen LogP contribution in [0.15, 0.2) is 54.6 Å². The second-order valence-corrected chi connectivity index (χ2v) is 7.30. The molecule has 2 nitrogen and oxygen atoms in total. The predicted molar refractivity (Wildman–Crippen MR) is 103 cm³/mol. The molecule has 0 aliphatic heterocycles. The molecule has 25 heavy (non-hydrogen) atoms. The van der Waals surface area contributed by atoms with Crippen molar-refractivity contribution in [3.8, 4) is 0 Å². The van der Waals surface area contributed by atoms with E-state index in [9.17, 15) is 9.59 Å². The molecular formula is C23H28O2. The average Bonchev–Trinajstić information content (AvgIpc) is 2.63. The van der Waals surface area contributed by atoms with Crippen molar-refractivity contribution in [1.82, 2.24) is 0 Å². The van der Waals surface area contributed by atoms with Gasteiger partial charge in [-0.05, 0) is 36.0 Å². The summed E-state index contributed by atoms with van der Waals surface area (Å²) < 4.78 is 0. The van der Waals surface area contributed by atoms with Crippen LogP contribution in [0.3, 0.4) is 0 Å². The first-order chi connectivity index (χ1) is 12.0. The van der Waals surface area contributed by atoms with E-state index in [1.54, 1.807) is 0 Å². The van der Waals surface area contributed by atoms with E-state index in [-0.39, 0.29) is 11.7 Å². The molecule has 2 aromatic rings. The quantitative estimate of drug-likeness (QED) is 0.593. The fourth-order valence-electron chi connectivity index (χ4n) is 3.33. The number of carbonyl (C=O) groups is 2. The fourth-order valence-corrected chi connectivity index (χ4v) is 3.33. The molecule has 0 bridgehead atoms. The molecule has 0 amide bonds. The molecule has 1 atom stereocenters. The highest BCUT2D eigenvalue weighted by molar-refractivity contribution is 5.91. The molecule has 0 heterocycles. The van der Waals surface area contributed by atoms with Crippen LogP contribution in [-0.4, -0.2) is 12.1 Å². The Morgan fingerprint density at radius 1 is 1.00 bits per heavy atom. The lowest BCUT2D eigenvalue weighted by Crippen LogP contribution is -2.32. The van der Waals surface area contributed by atoms with Crippen LogP contribution in [0.5, 0.6) is 0 Å². The van der Waals surface area contributed by atoms with Crippen molar-refractivity contribution in [2.75, 3.05) is 0 Å². The molecule has 0 N–H and O–H groups in total. The summed E-state index contributed by atoms with van der Waals surface area (Å²) in [5, 5.41) is 0. The van der Waals surface area contributed by atoms with Gasteiger partial charge in [0.1, 0.15) is 12.1 Å². The van der Waals surface area contributed by atoms with E-state index < -0.39 is 5.41 Å². The Morgan fingerprint density at radius 3 is 2.16 bits per heavy atom. The smallest absolute Gasteiger partial charge is 0.146 e. The lowest BCUT2D eigenvalue weighted by molar-refractivity contribution is -0.128. The predicted octanol–water partition coefficient (Wildman–Crippen LogP) is 5.15. The Balaban J connectivity index is 2.21. The monoisotopic (exact) mass is 336 g/mol. The fraction of sp³-hybridized carbons (Fsp3) is 0.391. The zero-order valence-corrected chi connectivity index (χ0v) is 15.5. The van der Waals surface area contributed by atoms with Gasteiger partial charge in [0.25, 0.3) is 0 Å². The maximum atomic E-state index is 13.3. The summed E-state index contributed by atoms with van der Waals surface area (Å²) in [6.45, 7) is 6.17. The average molecular weight is 336 g/mol. The largest absolute Gasteiger partial charge is 0.303 e. The minimum absolute atomic E-state index is 0.208. The molecule has 132 valence electrons. The van der Waals surface area contributed by atoms with Crippen LogP contribution in [-0.2, 0) is 22.4 Å². The lowest BCUT2D eigenvalue weighted by Gasteiger charge is -2.29. The molecule has 2 heteroatoms. The highest BCUT2D eigenvalue weighted by atomic mass is 16.1. The van der Waals surface area contributed by atoms with Gasteiger partial charge >= 0.3 is 0 Å². The van der Waals surface area contributed by atoms with E-state index >= 15 is 0 Å². The molecule has 0 aliphatic rings. The van der Waals surface area contributed by atoms with Crippen LogP contribution < -0.4 is 0 Å². The number of hydrogen-bond acceptors (Lipinski definition) is 2. The van der Waals surface area contributed by atoms with Gasteiger partial charge in [-0.2, -0.15) is 0 Å². The Hall–Kier alpha value is -2.22. The third kappa shape index (κ3) is 5.12. The molecule has 0 aromatic heterocycles. The number of rotatable bonds is 9. The van der Waals surface area contributed by atoms with Gasteiger partial charge < -0.3 is 4.79 Å². The minimum Gasteiger partial charge on any atom is -0.303 e. The van der Waals surface area contributed by atoms with Gasteiger partial charge in [-0.3, -0.25) is 4.79 Å². The van der Waals surface area contributed by atoms with Crippen molar-refractivity contribution in [1.29, 1.82) is 0 Å². The van der Waals surface area contributed by atoms with E-state index in [1.165, 1.54) is 11.1 Å². The standard InChI is InChI=1S/C23H28O2/c1-4-18-12-14-19(15-13-18)17-23(2,3)22(25)21(11-8-16-24)20-9-6-5-7-10-20/h5-7,9-10,12-16,21H,4,8,11,17H2,1-3H3. The van der Waals surface area contributed by atoms with Crippen molar-refractivity contribution >= 4 is 12.1 Å². The second-order valence-electron chi connectivity index (χ2n) is 7.30. The van der Waals surface area contributed by atoms with E-state index in [0.29, 0.717) is 19.3 Å². The number of ketones is 1. The van der Waals surface area contributed by atoms with Crippen molar-refractivity contribution in [2.45, 2.75) is 52.4 Å². The minimum atomic E-state index is -0.475. The van der Waals surface area contributed by atoms with Crippen LogP contribution in [0.1, 0.15) is 56.2 Å². The summed E-state index contributed by atoms with van der Waals surface area (Å²) in [6, 6.07) is 18.3. The van der Waals surface area contributed by atoms with Crippen molar-refractivity contribution in [2.24, 2.45) is 5.41 Å². The van der Waals surface area contributed by atoms with Gasteiger partial charge in [0.05, 0.1) is 0 Å². The van der Waals surface area contributed by atoms with Gasteiger partial charge in [-0.1, -0.05) is 75.4 Å². The zero-order valence-electron chi connectivity index (χ0n) is 15.5. The lowest BCUT2D eigenvalue weighted by atomic mass is 9.73. The first-order valence-corrected chi connectivity index (χ1v) is 9.08. The Bertz CT molecular complexity index is 684. The topological polar surface area (TPSA) is 34.1 Å². The van der Waals surface area contributed by atoms with Crippen LogP contribution in [0, 0.1) is 5.41 Å². The number of aryl methyl sites for hydroxylation is 1. The van der Waals surface area contributed by atoms with E-state index in [4.69, 9.17) is 0 Å².